The van der Waals surface area contributed by atoms with Crippen molar-refractivity contribution in [2.24, 2.45) is 0 Å². The highest BCUT2D eigenvalue weighted by atomic mass is 32.1. The minimum Gasteiger partial charge on any atom is -0.493 e. The van der Waals surface area contributed by atoms with E-state index in [9.17, 15) is 9.59 Å². The maximum Gasteiger partial charge on any atom is 0.341 e. The van der Waals surface area contributed by atoms with Crippen molar-refractivity contribution in [2.45, 2.75) is 27.2 Å². The second kappa shape index (κ2) is 7.97. The predicted octanol–water partition coefficient (Wildman–Crippen LogP) is 4.06. The quantitative estimate of drug-likeness (QED) is 0.801. The van der Waals surface area contributed by atoms with Gasteiger partial charge in [0, 0.05) is 4.88 Å². The van der Waals surface area contributed by atoms with Gasteiger partial charge in [0.05, 0.1) is 24.8 Å². The summed E-state index contributed by atoms with van der Waals surface area (Å²) in [5, 5.41) is 3.34. The number of aryl methyl sites for hydroxylation is 1. The average Bonchev–Trinajstić information content (AvgIpc) is 2.89. The van der Waals surface area contributed by atoms with E-state index < -0.39 is 5.97 Å². The maximum atomic E-state index is 12.6. The van der Waals surface area contributed by atoms with Crippen LogP contribution in [0.3, 0.4) is 0 Å². The van der Waals surface area contributed by atoms with Gasteiger partial charge in [0.2, 0.25) is 0 Å². The summed E-state index contributed by atoms with van der Waals surface area (Å²) in [5.74, 6) is -0.237. The average molecular weight is 347 g/mol. The molecule has 128 valence electrons. The molecule has 1 N–H and O–H groups in total. The number of thiophene rings is 1. The lowest BCUT2D eigenvalue weighted by Gasteiger charge is -2.10. The Balaban J connectivity index is 2.38. The molecule has 1 amide bonds. The highest BCUT2D eigenvalue weighted by Crippen LogP contribution is 2.34. The molecule has 0 atom stereocenters. The number of rotatable bonds is 6. The lowest BCUT2D eigenvalue weighted by atomic mass is 10.1. The zero-order valence-corrected chi connectivity index (χ0v) is 15.1. The zero-order chi connectivity index (χ0) is 17.7. The van der Waals surface area contributed by atoms with Gasteiger partial charge in [0.25, 0.3) is 5.91 Å². The van der Waals surface area contributed by atoms with E-state index in [0.29, 0.717) is 34.9 Å². The molecule has 1 aromatic carbocycles. The summed E-state index contributed by atoms with van der Waals surface area (Å²) in [6.07, 6.45) is 0.693. The molecule has 2 rings (SSSR count). The second-order valence-electron chi connectivity index (χ2n) is 5.07. The molecule has 5 nitrogen and oxygen atoms in total. The number of hydrogen-bond donors (Lipinski definition) is 1. The summed E-state index contributed by atoms with van der Waals surface area (Å²) in [4.78, 5) is 25.8. The van der Waals surface area contributed by atoms with Gasteiger partial charge in [-0.1, -0.05) is 19.1 Å². The Labute approximate surface area is 145 Å². The topological polar surface area (TPSA) is 64.6 Å². The van der Waals surface area contributed by atoms with Crippen LogP contribution in [0.4, 0.5) is 5.00 Å². The predicted molar refractivity (Wildman–Crippen MR) is 95.3 cm³/mol. The third-order valence-electron chi connectivity index (χ3n) is 3.61. The molecule has 0 radical (unpaired) electrons. The summed E-state index contributed by atoms with van der Waals surface area (Å²) in [6.45, 7) is 6.23. The number of benzene rings is 1. The number of para-hydroxylation sites is 1. The van der Waals surface area contributed by atoms with E-state index in [2.05, 4.69) is 5.32 Å². The van der Waals surface area contributed by atoms with E-state index in [1.807, 2.05) is 26.8 Å². The number of amides is 1. The van der Waals surface area contributed by atoms with Crippen LogP contribution in [0.2, 0.25) is 0 Å². The number of nitrogens with one attached hydrogen (secondary N) is 1. The standard InChI is InChI=1S/C18H21NO4S/c1-5-12-11(3)24-17(15(12)18(21)22-4)19-16(20)13-9-7-8-10-14(13)23-6-2/h7-10H,5-6H2,1-4H3,(H,19,20). The molecular weight excluding hydrogens is 326 g/mol. The molecular formula is C18H21NO4S. The van der Waals surface area contributed by atoms with Gasteiger partial charge in [-0.2, -0.15) is 0 Å². The first-order valence-electron chi connectivity index (χ1n) is 7.77. The Hall–Kier alpha value is -2.34. The molecule has 0 saturated heterocycles. The Bertz CT molecular complexity index is 751. The van der Waals surface area contributed by atoms with Crippen molar-refractivity contribution >= 4 is 28.2 Å². The van der Waals surface area contributed by atoms with Crippen LogP contribution in [0, 0.1) is 6.92 Å². The van der Waals surface area contributed by atoms with Crippen molar-refractivity contribution in [2.75, 3.05) is 19.0 Å². The fourth-order valence-corrected chi connectivity index (χ4v) is 3.64. The van der Waals surface area contributed by atoms with Crippen molar-refractivity contribution in [3.63, 3.8) is 0 Å². The molecule has 0 aliphatic carbocycles. The largest absolute Gasteiger partial charge is 0.493 e. The van der Waals surface area contributed by atoms with Crippen LogP contribution in [0.25, 0.3) is 0 Å². The van der Waals surface area contributed by atoms with Gasteiger partial charge < -0.3 is 14.8 Å². The van der Waals surface area contributed by atoms with Crippen LogP contribution in [0.1, 0.15) is 45.0 Å². The van der Waals surface area contributed by atoms with Gasteiger partial charge in [0.1, 0.15) is 10.8 Å². The maximum absolute atomic E-state index is 12.6. The third kappa shape index (κ3) is 3.59. The molecule has 0 bridgehead atoms. The van der Waals surface area contributed by atoms with Crippen LogP contribution >= 0.6 is 11.3 Å². The van der Waals surface area contributed by atoms with Crippen LogP contribution in [0.15, 0.2) is 24.3 Å². The number of hydrogen-bond acceptors (Lipinski definition) is 5. The highest BCUT2D eigenvalue weighted by molar-refractivity contribution is 7.16. The normalized spacial score (nSPS) is 10.3. The SMILES string of the molecule is CCOc1ccccc1C(=O)Nc1sc(C)c(CC)c1C(=O)OC. The summed E-state index contributed by atoms with van der Waals surface area (Å²) >= 11 is 1.38. The first-order valence-corrected chi connectivity index (χ1v) is 8.58. The number of anilines is 1. The Morgan fingerprint density at radius 2 is 1.92 bits per heavy atom. The number of methoxy groups -OCH3 is 1. The minimum atomic E-state index is -0.440. The molecule has 0 fully saturated rings. The van der Waals surface area contributed by atoms with Crippen molar-refractivity contribution in [1.82, 2.24) is 0 Å². The number of carbonyl (C=O) groups is 2. The first-order chi connectivity index (χ1) is 11.5. The molecule has 6 heteroatoms. The molecule has 24 heavy (non-hydrogen) atoms. The Morgan fingerprint density at radius 1 is 1.21 bits per heavy atom. The number of esters is 1. The second-order valence-corrected chi connectivity index (χ2v) is 6.29. The fraction of sp³-hybridized carbons (Fsp3) is 0.333. The van der Waals surface area contributed by atoms with Gasteiger partial charge in [-0.3, -0.25) is 4.79 Å². The van der Waals surface area contributed by atoms with E-state index in [1.165, 1.54) is 18.4 Å². The lowest BCUT2D eigenvalue weighted by molar-refractivity contribution is 0.0601. The number of carbonyl (C=O) groups excluding carboxylic acids is 2. The summed E-state index contributed by atoms with van der Waals surface area (Å²) < 4.78 is 10.4. The van der Waals surface area contributed by atoms with Crippen molar-refractivity contribution < 1.29 is 19.1 Å². The Morgan fingerprint density at radius 3 is 2.54 bits per heavy atom. The van der Waals surface area contributed by atoms with Crippen molar-refractivity contribution in [3.8, 4) is 5.75 Å². The fourth-order valence-electron chi connectivity index (χ4n) is 2.52. The van der Waals surface area contributed by atoms with Gasteiger partial charge >= 0.3 is 5.97 Å². The molecule has 0 aliphatic rings. The number of ether oxygens (including phenoxy) is 2. The van der Waals surface area contributed by atoms with Crippen molar-refractivity contribution in [3.05, 3.63) is 45.8 Å². The molecule has 1 aromatic heterocycles. The monoisotopic (exact) mass is 347 g/mol. The van der Waals surface area contributed by atoms with Crippen LogP contribution < -0.4 is 10.1 Å². The molecule has 0 unspecified atom stereocenters. The van der Waals surface area contributed by atoms with Crippen LogP contribution in [0.5, 0.6) is 5.75 Å². The van der Waals surface area contributed by atoms with Gasteiger partial charge in [-0.15, -0.1) is 11.3 Å². The van der Waals surface area contributed by atoms with E-state index in [0.717, 1.165) is 10.4 Å². The van der Waals surface area contributed by atoms with Crippen LogP contribution in [-0.2, 0) is 11.2 Å². The smallest absolute Gasteiger partial charge is 0.341 e. The molecule has 1 heterocycles. The van der Waals surface area contributed by atoms with E-state index in [-0.39, 0.29) is 5.91 Å². The van der Waals surface area contributed by atoms with Gasteiger partial charge in [0.15, 0.2) is 0 Å². The third-order valence-corrected chi connectivity index (χ3v) is 4.67. The van der Waals surface area contributed by atoms with Gasteiger partial charge in [-0.05, 0) is 38.0 Å². The van der Waals surface area contributed by atoms with E-state index in [4.69, 9.17) is 9.47 Å². The van der Waals surface area contributed by atoms with Crippen LogP contribution in [-0.4, -0.2) is 25.6 Å². The summed E-state index contributed by atoms with van der Waals surface area (Å²) in [7, 11) is 1.34. The van der Waals surface area contributed by atoms with Crippen molar-refractivity contribution in [1.29, 1.82) is 0 Å². The molecule has 0 saturated carbocycles. The minimum absolute atomic E-state index is 0.312. The zero-order valence-electron chi connectivity index (χ0n) is 14.3. The lowest BCUT2D eigenvalue weighted by Crippen LogP contribution is -2.15. The van der Waals surface area contributed by atoms with Gasteiger partial charge in [-0.25, -0.2) is 4.79 Å². The van der Waals surface area contributed by atoms with E-state index in [1.54, 1.807) is 18.2 Å². The summed E-state index contributed by atoms with van der Waals surface area (Å²) in [5.41, 5.74) is 1.77. The molecule has 0 aliphatic heterocycles. The Kier molecular flexibility index (Phi) is 5.98. The first kappa shape index (κ1) is 18.0. The molecule has 2 aromatic rings. The molecule has 0 spiro atoms. The summed E-state index contributed by atoms with van der Waals surface area (Å²) in [6, 6.07) is 7.03. The van der Waals surface area contributed by atoms with E-state index >= 15 is 0 Å². The highest BCUT2D eigenvalue weighted by Gasteiger charge is 2.24.